The van der Waals surface area contributed by atoms with Crippen molar-refractivity contribution >= 4 is 5.69 Å². The molecule has 1 rings (SSSR count). The number of aromatic nitrogens is 1. The third-order valence-corrected chi connectivity index (χ3v) is 2.34. The summed E-state index contributed by atoms with van der Waals surface area (Å²) in [5.74, 6) is 0. The van der Waals surface area contributed by atoms with E-state index in [4.69, 9.17) is 10.8 Å². The minimum absolute atomic E-state index is 0.0491. The minimum Gasteiger partial charge on any atom is -0.397 e. The van der Waals surface area contributed by atoms with Gasteiger partial charge in [-0.25, -0.2) is 0 Å². The van der Waals surface area contributed by atoms with Crippen LogP contribution in [0.1, 0.15) is 11.3 Å². The first-order valence-electron chi connectivity index (χ1n) is 4.49. The Balaban J connectivity index is 3.51. The van der Waals surface area contributed by atoms with Gasteiger partial charge in [0.05, 0.1) is 17.6 Å². The Labute approximate surface area is 97.2 Å². The molecule has 3 nitrogen and oxygen atoms in total. The first kappa shape index (κ1) is 14.6. The van der Waals surface area contributed by atoms with Gasteiger partial charge in [-0.2, -0.15) is 26.3 Å². The highest BCUT2D eigenvalue weighted by atomic mass is 19.4. The maximum atomic E-state index is 12.5. The summed E-state index contributed by atoms with van der Waals surface area (Å²) in [6, 6.07) is 0.455. The van der Waals surface area contributed by atoms with Gasteiger partial charge in [-0.15, -0.1) is 0 Å². The molecule has 18 heavy (non-hydrogen) atoms. The summed E-state index contributed by atoms with van der Waals surface area (Å²) in [4.78, 5) is 2.93. The number of hydrogen-bond donors (Lipinski definition) is 2. The van der Waals surface area contributed by atoms with E-state index < -0.39 is 23.6 Å². The monoisotopic (exact) mass is 274 g/mol. The van der Waals surface area contributed by atoms with Crippen LogP contribution in [0.3, 0.4) is 0 Å². The zero-order valence-electron chi connectivity index (χ0n) is 8.89. The van der Waals surface area contributed by atoms with Gasteiger partial charge in [0.15, 0.2) is 0 Å². The molecule has 0 aliphatic rings. The van der Waals surface area contributed by atoms with Crippen LogP contribution in [0.15, 0.2) is 12.3 Å². The first-order chi connectivity index (χ1) is 7.91. The van der Waals surface area contributed by atoms with Crippen LogP contribution in [-0.4, -0.2) is 22.4 Å². The Morgan fingerprint density at radius 1 is 1.11 bits per heavy atom. The van der Waals surface area contributed by atoms with Crippen LogP contribution in [-0.2, 0) is 5.60 Å². The molecule has 102 valence electrons. The fourth-order valence-electron chi connectivity index (χ4n) is 1.22. The summed E-state index contributed by atoms with van der Waals surface area (Å²) >= 11 is 0. The van der Waals surface area contributed by atoms with E-state index in [1.54, 1.807) is 0 Å². The molecule has 9 heteroatoms. The Morgan fingerprint density at radius 2 is 1.56 bits per heavy atom. The lowest BCUT2D eigenvalue weighted by molar-refractivity contribution is -0.377. The Kier molecular flexibility index (Phi) is 3.24. The molecule has 0 saturated carbocycles. The average Bonchev–Trinajstić information content (AvgIpc) is 2.17. The number of halogens is 6. The molecule has 1 heterocycles. The van der Waals surface area contributed by atoms with Crippen LogP contribution in [0.2, 0.25) is 0 Å². The van der Waals surface area contributed by atoms with Gasteiger partial charge < -0.3 is 10.8 Å². The van der Waals surface area contributed by atoms with Crippen molar-refractivity contribution < 1.29 is 31.4 Å². The van der Waals surface area contributed by atoms with Gasteiger partial charge in [-0.3, -0.25) is 4.98 Å². The van der Waals surface area contributed by atoms with E-state index in [0.29, 0.717) is 12.3 Å². The van der Waals surface area contributed by atoms with E-state index in [1.807, 2.05) is 0 Å². The molecule has 0 atom stereocenters. The molecule has 0 aliphatic carbocycles. The van der Waals surface area contributed by atoms with Gasteiger partial charge in [0, 0.05) is 0 Å². The number of rotatable bonds is 1. The number of aliphatic hydroxyl groups is 1. The second kappa shape index (κ2) is 4.01. The molecular weight excluding hydrogens is 266 g/mol. The molecule has 0 amide bonds. The third kappa shape index (κ3) is 2.09. The quantitative estimate of drug-likeness (QED) is 0.772. The van der Waals surface area contributed by atoms with Gasteiger partial charge in [0.2, 0.25) is 0 Å². The van der Waals surface area contributed by atoms with Gasteiger partial charge in [0.1, 0.15) is 0 Å². The highest BCUT2D eigenvalue weighted by Crippen LogP contribution is 2.49. The van der Waals surface area contributed by atoms with Crippen molar-refractivity contribution in [2.75, 3.05) is 5.73 Å². The third-order valence-electron chi connectivity index (χ3n) is 2.34. The summed E-state index contributed by atoms with van der Waals surface area (Å²) in [5.41, 5.74) is -1.46. The van der Waals surface area contributed by atoms with Crippen LogP contribution in [0.5, 0.6) is 0 Å². The normalized spacial score (nSPS) is 13.8. The van der Waals surface area contributed by atoms with E-state index in [2.05, 4.69) is 4.98 Å². The molecule has 0 aromatic carbocycles. The van der Waals surface area contributed by atoms with Crippen molar-refractivity contribution in [1.29, 1.82) is 0 Å². The molecule has 3 N–H and O–H groups in total. The Hall–Kier alpha value is -1.51. The molecule has 0 aliphatic heterocycles. The van der Waals surface area contributed by atoms with Crippen molar-refractivity contribution in [1.82, 2.24) is 4.98 Å². The fourth-order valence-corrected chi connectivity index (χ4v) is 1.22. The van der Waals surface area contributed by atoms with Crippen molar-refractivity contribution in [2.45, 2.75) is 24.9 Å². The summed E-state index contributed by atoms with van der Waals surface area (Å²) < 4.78 is 74.9. The molecule has 0 bridgehead atoms. The number of pyridine rings is 1. The highest BCUT2D eigenvalue weighted by molar-refractivity contribution is 5.45. The zero-order valence-corrected chi connectivity index (χ0v) is 8.89. The maximum absolute atomic E-state index is 12.5. The summed E-state index contributed by atoms with van der Waals surface area (Å²) in [6.07, 6.45) is -11.3. The van der Waals surface area contributed by atoms with Crippen molar-refractivity contribution in [3.63, 3.8) is 0 Å². The predicted molar refractivity (Wildman–Crippen MR) is 49.4 cm³/mol. The van der Waals surface area contributed by atoms with Crippen molar-refractivity contribution in [2.24, 2.45) is 0 Å². The first-order valence-corrected chi connectivity index (χ1v) is 4.49. The van der Waals surface area contributed by atoms with Gasteiger partial charge >= 0.3 is 12.4 Å². The lowest BCUT2D eigenvalue weighted by Gasteiger charge is -2.31. The zero-order chi connectivity index (χ0) is 14.4. The van der Waals surface area contributed by atoms with Gasteiger partial charge in [-0.1, -0.05) is 0 Å². The summed E-state index contributed by atoms with van der Waals surface area (Å²) in [6.45, 7) is 1.20. The number of nitrogens with two attached hydrogens (primary N) is 1. The van der Waals surface area contributed by atoms with Crippen LogP contribution < -0.4 is 5.73 Å². The summed E-state index contributed by atoms with van der Waals surface area (Å²) in [7, 11) is 0. The van der Waals surface area contributed by atoms with E-state index in [1.165, 1.54) is 6.92 Å². The lowest BCUT2D eigenvalue weighted by Crippen LogP contribution is -2.54. The SMILES string of the molecule is Cc1cc(C(O)(C(F)(F)F)C(F)(F)F)ncc1N. The predicted octanol–water partition coefficient (Wildman–Crippen LogP) is 2.28. The molecule has 0 spiro atoms. The average molecular weight is 274 g/mol. The van der Waals surface area contributed by atoms with Crippen LogP contribution in [0, 0.1) is 6.92 Å². The second-order valence-corrected chi connectivity index (χ2v) is 3.63. The number of aryl methyl sites for hydroxylation is 1. The number of nitrogen functional groups attached to an aromatic ring is 1. The molecule has 1 aromatic rings. The van der Waals surface area contributed by atoms with Crippen LogP contribution >= 0.6 is 0 Å². The molecule has 0 saturated heterocycles. The Bertz CT molecular complexity index is 439. The molecular formula is C9H8F6N2O. The van der Waals surface area contributed by atoms with E-state index in [9.17, 15) is 26.3 Å². The molecule has 0 radical (unpaired) electrons. The number of alkyl halides is 6. The molecule has 0 unspecified atom stereocenters. The second-order valence-electron chi connectivity index (χ2n) is 3.63. The number of anilines is 1. The highest BCUT2D eigenvalue weighted by Gasteiger charge is 2.72. The lowest BCUT2D eigenvalue weighted by atomic mass is 9.96. The van der Waals surface area contributed by atoms with E-state index in [0.717, 1.165) is 0 Å². The van der Waals surface area contributed by atoms with Crippen LogP contribution in [0.4, 0.5) is 32.0 Å². The minimum atomic E-state index is -5.94. The van der Waals surface area contributed by atoms with E-state index >= 15 is 0 Å². The van der Waals surface area contributed by atoms with Crippen molar-refractivity contribution in [3.05, 3.63) is 23.5 Å². The van der Waals surface area contributed by atoms with Crippen LogP contribution in [0.25, 0.3) is 0 Å². The van der Waals surface area contributed by atoms with Gasteiger partial charge in [0.25, 0.3) is 5.60 Å². The molecule has 0 fully saturated rings. The number of nitrogens with zero attached hydrogens (tertiary/aromatic N) is 1. The topological polar surface area (TPSA) is 59.1 Å². The standard InChI is InChI=1S/C9H8F6N2O/c1-4-2-6(17-3-5(4)16)7(18,8(10,11)12)9(13,14)15/h2-3,18H,16H2,1H3. The largest absolute Gasteiger partial charge is 0.432 e. The fraction of sp³-hybridized carbons (Fsp3) is 0.444. The molecule has 1 aromatic heterocycles. The summed E-state index contributed by atoms with van der Waals surface area (Å²) in [5, 5.41) is 9.02. The number of hydrogen-bond acceptors (Lipinski definition) is 3. The Morgan fingerprint density at radius 3 is 1.89 bits per heavy atom. The maximum Gasteiger partial charge on any atom is 0.432 e. The van der Waals surface area contributed by atoms with Crippen molar-refractivity contribution in [3.8, 4) is 0 Å². The van der Waals surface area contributed by atoms with Gasteiger partial charge in [-0.05, 0) is 18.6 Å². The smallest absolute Gasteiger partial charge is 0.397 e. The van der Waals surface area contributed by atoms with E-state index in [-0.39, 0.29) is 11.3 Å².